The topological polar surface area (TPSA) is 61.6 Å². The number of aliphatic hydroxyl groups excluding tert-OH is 1. The molecule has 3 heterocycles. The molecule has 0 spiro atoms. The summed E-state index contributed by atoms with van der Waals surface area (Å²) in [5, 5.41) is 14.2. The van der Waals surface area contributed by atoms with Gasteiger partial charge >= 0.3 is 0 Å². The predicted molar refractivity (Wildman–Crippen MR) is 93.9 cm³/mol. The molecule has 132 valence electrons. The molecular formula is C19H24N4O2. The summed E-state index contributed by atoms with van der Waals surface area (Å²) in [4.78, 5) is 16.7. The number of carbonyl (C=O) groups excluding carboxylic acids is 1. The van der Waals surface area contributed by atoms with Crippen molar-refractivity contribution >= 4 is 5.91 Å². The van der Waals surface area contributed by atoms with Gasteiger partial charge in [0.05, 0.1) is 11.8 Å². The maximum Gasteiger partial charge on any atom is 0.274 e. The minimum Gasteiger partial charge on any atom is -0.391 e. The summed E-state index contributed by atoms with van der Waals surface area (Å²) in [7, 11) is 0. The van der Waals surface area contributed by atoms with E-state index in [1.165, 1.54) is 5.56 Å². The number of aromatic nitrogens is 2. The number of hydrogen-bond donors (Lipinski definition) is 1. The summed E-state index contributed by atoms with van der Waals surface area (Å²) in [6, 6.07) is 12.4. The lowest BCUT2D eigenvalue weighted by Gasteiger charge is -2.19. The predicted octanol–water partition coefficient (Wildman–Crippen LogP) is 1.50. The van der Waals surface area contributed by atoms with Crippen molar-refractivity contribution in [3.05, 3.63) is 53.3 Å². The number of rotatable bonds is 3. The molecule has 2 aromatic rings. The van der Waals surface area contributed by atoms with E-state index in [1.54, 1.807) is 4.90 Å². The quantitative estimate of drug-likeness (QED) is 0.920. The zero-order valence-electron chi connectivity index (χ0n) is 14.3. The lowest BCUT2D eigenvalue weighted by molar-refractivity contribution is 0.0758. The number of benzene rings is 1. The second-order valence-corrected chi connectivity index (χ2v) is 6.99. The molecular weight excluding hydrogens is 316 g/mol. The van der Waals surface area contributed by atoms with Crippen molar-refractivity contribution in [3.63, 3.8) is 0 Å². The van der Waals surface area contributed by atoms with Gasteiger partial charge in [-0.1, -0.05) is 30.3 Å². The van der Waals surface area contributed by atoms with Crippen molar-refractivity contribution in [1.82, 2.24) is 19.6 Å². The molecule has 1 N–H and O–H groups in total. The van der Waals surface area contributed by atoms with Crippen LogP contribution in [0.25, 0.3) is 0 Å². The molecule has 0 saturated carbocycles. The fraction of sp³-hybridized carbons (Fsp3) is 0.474. The number of carbonyl (C=O) groups is 1. The minimum atomic E-state index is -0.397. The zero-order valence-corrected chi connectivity index (χ0v) is 14.3. The maximum atomic E-state index is 12.6. The zero-order chi connectivity index (χ0) is 17.2. The van der Waals surface area contributed by atoms with Gasteiger partial charge in [0.25, 0.3) is 5.91 Å². The van der Waals surface area contributed by atoms with Gasteiger partial charge in [0.2, 0.25) is 0 Å². The van der Waals surface area contributed by atoms with Crippen LogP contribution in [0.5, 0.6) is 0 Å². The number of likely N-dealkylation sites (tertiary alicyclic amines) is 1. The number of aryl methyl sites for hydroxylation is 1. The molecule has 0 unspecified atom stereocenters. The molecule has 0 aliphatic carbocycles. The Bertz CT molecular complexity index is 743. The molecule has 2 aliphatic rings. The summed E-state index contributed by atoms with van der Waals surface area (Å²) < 4.78 is 1.98. The number of amides is 1. The van der Waals surface area contributed by atoms with Crippen LogP contribution in [0.4, 0.5) is 0 Å². The van der Waals surface area contributed by atoms with Crippen LogP contribution in [0.15, 0.2) is 36.4 Å². The first-order valence-corrected chi connectivity index (χ1v) is 8.99. The van der Waals surface area contributed by atoms with Gasteiger partial charge in [-0.25, -0.2) is 0 Å². The Hall–Kier alpha value is -2.18. The van der Waals surface area contributed by atoms with Gasteiger partial charge in [-0.05, 0) is 24.5 Å². The summed E-state index contributed by atoms with van der Waals surface area (Å²) in [6.07, 6.45) is 1.28. The Labute approximate surface area is 147 Å². The van der Waals surface area contributed by atoms with Crippen molar-refractivity contribution in [3.8, 4) is 0 Å². The van der Waals surface area contributed by atoms with Crippen molar-refractivity contribution in [2.75, 3.05) is 19.6 Å². The van der Waals surface area contributed by atoms with Gasteiger partial charge in [0.15, 0.2) is 5.69 Å². The third kappa shape index (κ3) is 3.60. The molecule has 1 atom stereocenters. The first-order valence-electron chi connectivity index (χ1n) is 8.99. The molecule has 0 radical (unpaired) electrons. The standard InChI is InChI=1S/C19H24N4O2/c24-17-7-10-22(14-17)19(25)18-11-16-13-21(8-4-9-23(16)20-18)12-15-5-2-1-3-6-15/h1-3,5-6,11,17,24H,4,7-10,12-14H2/t17-/m1/s1. The largest absolute Gasteiger partial charge is 0.391 e. The highest BCUT2D eigenvalue weighted by molar-refractivity contribution is 5.92. The van der Waals surface area contributed by atoms with E-state index in [2.05, 4.69) is 34.3 Å². The van der Waals surface area contributed by atoms with Crippen LogP contribution < -0.4 is 0 Å². The Kier molecular flexibility index (Phi) is 4.55. The first kappa shape index (κ1) is 16.3. The summed E-state index contributed by atoms with van der Waals surface area (Å²) in [5.74, 6) is -0.0632. The highest BCUT2D eigenvalue weighted by Crippen LogP contribution is 2.19. The second kappa shape index (κ2) is 6.98. The van der Waals surface area contributed by atoms with Gasteiger partial charge in [-0.15, -0.1) is 0 Å². The number of β-amino-alcohol motifs (C(OH)–C–C–N with tert-alkyl or cyclic N) is 1. The van der Waals surface area contributed by atoms with Crippen molar-refractivity contribution in [1.29, 1.82) is 0 Å². The average Bonchev–Trinajstić information content (AvgIpc) is 3.17. The van der Waals surface area contributed by atoms with Crippen LogP contribution in [-0.2, 0) is 19.6 Å². The number of hydrogen-bond acceptors (Lipinski definition) is 4. The van der Waals surface area contributed by atoms with Crippen LogP contribution in [0.1, 0.15) is 34.6 Å². The normalized spacial score (nSPS) is 21.2. The number of aliphatic hydroxyl groups is 1. The summed E-state index contributed by atoms with van der Waals surface area (Å²) in [5.41, 5.74) is 2.90. The number of nitrogens with zero attached hydrogens (tertiary/aromatic N) is 4. The van der Waals surface area contributed by atoms with Crippen molar-refractivity contribution < 1.29 is 9.90 Å². The van der Waals surface area contributed by atoms with Crippen molar-refractivity contribution in [2.45, 2.75) is 38.6 Å². The molecule has 1 aromatic carbocycles. The van der Waals surface area contributed by atoms with E-state index in [9.17, 15) is 9.90 Å². The van der Waals surface area contributed by atoms with E-state index in [0.717, 1.165) is 38.3 Å². The van der Waals surface area contributed by atoms with Crippen LogP contribution in [0, 0.1) is 0 Å². The summed E-state index contributed by atoms with van der Waals surface area (Å²) >= 11 is 0. The van der Waals surface area contributed by atoms with Crippen molar-refractivity contribution in [2.24, 2.45) is 0 Å². The van der Waals surface area contributed by atoms with Gasteiger partial charge < -0.3 is 10.0 Å². The molecule has 1 aromatic heterocycles. The monoisotopic (exact) mass is 340 g/mol. The van der Waals surface area contributed by atoms with Gasteiger partial charge in [-0.3, -0.25) is 14.4 Å². The fourth-order valence-corrected chi connectivity index (χ4v) is 3.70. The van der Waals surface area contributed by atoms with Crippen LogP contribution >= 0.6 is 0 Å². The third-order valence-corrected chi connectivity index (χ3v) is 5.01. The molecule has 0 bridgehead atoms. The van der Waals surface area contributed by atoms with E-state index in [0.29, 0.717) is 25.2 Å². The van der Waals surface area contributed by atoms with E-state index in [1.807, 2.05) is 16.8 Å². The molecule has 1 amide bonds. The lowest BCUT2D eigenvalue weighted by atomic mass is 10.2. The van der Waals surface area contributed by atoms with Crippen LogP contribution in [0.3, 0.4) is 0 Å². The first-order chi connectivity index (χ1) is 12.2. The fourth-order valence-electron chi connectivity index (χ4n) is 3.70. The molecule has 25 heavy (non-hydrogen) atoms. The van der Waals surface area contributed by atoms with Gasteiger partial charge in [-0.2, -0.15) is 5.10 Å². The van der Waals surface area contributed by atoms with Crippen LogP contribution in [-0.4, -0.2) is 56.3 Å². The maximum absolute atomic E-state index is 12.6. The molecule has 4 rings (SSSR count). The molecule has 1 fully saturated rings. The number of fused-ring (bicyclic) bond motifs is 1. The SMILES string of the molecule is O=C(c1cc2n(n1)CCCN(Cc1ccccc1)C2)N1CC[C@@H](O)C1. The Balaban J connectivity index is 1.48. The van der Waals surface area contributed by atoms with E-state index < -0.39 is 6.10 Å². The Morgan fingerprint density at radius 1 is 1.20 bits per heavy atom. The smallest absolute Gasteiger partial charge is 0.274 e. The Morgan fingerprint density at radius 3 is 2.80 bits per heavy atom. The molecule has 1 saturated heterocycles. The van der Waals surface area contributed by atoms with Gasteiger partial charge in [0.1, 0.15) is 0 Å². The molecule has 6 heteroatoms. The molecule has 2 aliphatic heterocycles. The molecule has 6 nitrogen and oxygen atoms in total. The van der Waals surface area contributed by atoms with Crippen LogP contribution in [0.2, 0.25) is 0 Å². The average molecular weight is 340 g/mol. The van der Waals surface area contributed by atoms with E-state index in [4.69, 9.17) is 0 Å². The summed E-state index contributed by atoms with van der Waals surface area (Å²) in [6.45, 7) is 4.62. The minimum absolute atomic E-state index is 0.0632. The van der Waals surface area contributed by atoms with E-state index >= 15 is 0 Å². The highest BCUT2D eigenvalue weighted by atomic mass is 16.3. The second-order valence-electron chi connectivity index (χ2n) is 6.99. The Morgan fingerprint density at radius 2 is 2.04 bits per heavy atom. The van der Waals surface area contributed by atoms with Gasteiger partial charge in [0, 0.05) is 39.3 Å². The lowest BCUT2D eigenvalue weighted by Crippen LogP contribution is -2.30. The third-order valence-electron chi connectivity index (χ3n) is 5.01. The highest BCUT2D eigenvalue weighted by Gasteiger charge is 2.28. The van der Waals surface area contributed by atoms with E-state index in [-0.39, 0.29) is 5.91 Å².